The van der Waals surface area contributed by atoms with Crippen molar-refractivity contribution in [2.45, 2.75) is 52.1 Å². The van der Waals surface area contributed by atoms with Gasteiger partial charge in [-0.05, 0) is 31.1 Å². The quantitative estimate of drug-likeness (QED) is 0.663. The lowest BCUT2D eigenvalue weighted by molar-refractivity contribution is -0.101. The second kappa shape index (κ2) is 7.58. The van der Waals surface area contributed by atoms with Crippen LogP contribution >= 0.6 is 0 Å². The minimum absolute atomic E-state index is 0.0341. The zero-order valence-electron chi connectivity index (χ0n) is 12.8. The third-order valence-electron chi connectivity index (χ3n) is 4.60. The molecule has 2 atom stereocenters. The van der Waals surface area contributed by atoms with E-state index in [1.54, 1.807) is 7.11 Å². The van der Waals surface area contributed by atoms with Gasteiger partial charge in [-0.15, -0.1) is 0 Å². The Labute approximate surface area is 117 Å². The number of methoxy groups -OCH3 is 1. The predicted octanol–water partition coefficient (Wildman–Crippen LogP) is 1.95. The second-order valence-corrected chi connectivity index (χ2v) is 6.52. The number of hydrogen-bond donors (Lipinski definition) is 2. The van der Waals surface area contributed by atoms with Crippen molar-refractivity contribution < 1.29 is 14.6 Å². The standard InChI is InChI=1S/C15H31NO3/c1-14(2)6-4-7-15(12-16,13(14)17)8-11-19-10-5-9-18-3/h13,17H,4-12,16H2,1-3H3. The number of aliphatic hydroxyl groups is 1. The lowest BCUT2D eigenvalue weighted by Gasteiger charge is -2.49. The van der Waals surface area contributed by atoms with Crippen LogP contribution in [0.4, 0.5) is 0 Å². The predicted molar refractivity (Wildman–Crippen MR) is 77.1 cm³/mol. The van der Waals surface area contributed by atoms with E-state index in [0.717, 1.165) is 38.7 Å². The van der Waals surface area contributed by atoms with Crippen molar-refractivity contribution in [3.8, 4) is 0 Å². The van der Waals surface area contributed by atoms with Gasteiger partial charge in [0.1, 0.15) is 0 Å². The molecule has 1 aliphatic carbocycles. The molecule has 1 aliphatic rings. The molecule has 114 valence electrons. The van der Waals surface area contributed by atoms with E-state index in [0.29, 0.717) is 19.8 Å². The van der Waals surface area contributed by atoms with Crippen molar-refractivity contribution in [3.05, 3.63) is 0 Å². The highest BCUT2D eigenvalue weighted by Gasteiger charge is 2.47. The molecule has 0 aromatic heterocycles. The molecule has 1 saturated carbocycles. The van der Waals surface area contributed by atoms with Gasteiger partial charge in [0.05, 0.1) is 6.10 Å². The molecule has 19 heavy (non-hydrogen) atoms. The molecule has 0 aromatic carbocycles. The number of hydrogen-bond acceptors (Lipinski definition) is 4. The first-order valence-corrected chi connectivity index (χ1v) is 7.43. The average molecular weight is 273 g/mol. The number of nitrogens with two attached hydrogens (primary N) is 1. The Morgan fingerprint density at radius 2 is 1.95 bits per heavy atom. The highest BCUT2D eigenvalue weighted by molar-refractivity contribution is 4.98. The fourth-order valence-electron chi connectivity index (χ4n) is 3.26. The van der Waals surface area contributed by atoms with Gasteiger partial charge in [-0.3, -0.25) is 0 Å². The van der Waals surface area contributed by atoms with Crippen LogP contribution in [0.2, 0.25) is 0 Å². The van der Waals surface area contributed by atoms with Gasteiger partial charge in [-0.2, -0.15) is 0 Å². The Bertz CT molecular complexity index is 258. The van der Waals surface area contributed by atoms with Crippen LogP contribution in [-0.4, -0.2) is 44.7 Å². The molecule has 0 amide bonds. The van der Waals surface area contributed by atoms with E-state index in [9.17, 15) is 5.11 Å². The molecule has 1 fully saturated rings. The van der Waals surface area contributed by atoms with E-state index in [1.165, 1.54) is 0 Å². The summed E-state index contributed by atoms with van der Waals surface area (Å²) in [5, 5.41) is 10.6. The topological polar surface area (TPSA) is 64.7 Å². The number of aliphatic hydroxyl groups excluding tert-OH is 1. The molecule has 2 unspecified atom stereocenters. The smallest absolute Gasteiger partial charge is 0.0660 e. The van der Waals surface area contributed by atoms with Crippen molar-refractivity contribution in [1.29, 1.82) is 0 Å². The maximum Gasteiger partial charge on any atom is 0.0660 e. The summed E-state index contributed by atoms with van der Waals surface area (Å²) in [5.74, 6) is 0. The Hall–Kier alpha value is -0.160. The fourth-order valence-corrected chi connectivity index (χ4v) is 3.26. The maximum absolute atomic E-state index is 10.6. The largest absolute Gasteiger partial charge is 0.392 e. The van der Waals surface area contributed by atoms with Crippen molar-refractivity contribution in [2.75, 3.05) is 33.5 Å². The van der Waals surface area contributed by atoms with Crippen LogP contribution < -0.4 is 5.73 Å². The zero-order chi connectivity index (χ0) is 14.4. The molecular weight excluding hydrogens is 242 g/mol. The second-order valence-electron chi connectivity index (χ2n) is 6.52. The number of rotatable bonds is 8. The van der Waals surface area contributed by atoms with Crippen LogP contribution in [0.25, 0.3) is 0 Å². The summed E-state index contributed by atoms with van der Waals surface area (Å²) < 4.78 is 10.6. The molecule has 1 rings (SSSR count). The average Bonchev–Trinajstić information content (AvgIpc) is 2.38. The van der Waals surface area contributed by atoms with Crippen molar-refractivity contribution >= 4 is 0 Å². The summed E-state index contributed by atoms with van der Waals surface area (Å²) in [4.78, 5) is 0. The molecule has 0 saturated heterocycles. The van der Waals surface area contributed by atoms with Crippen molar-refractivity contribution in [3.63, 3.8) is 0 Å². The van der Waals surface area contributed by atoms with E-state index in [4.69, 9.17) is 15.2 Å². The van der Waals surface area contributed by atoms with Gasteiger partial charge in [0.25, 0.3) is 0 Å². The van der Waals surface area contributed by atoms with Crippen LogP contribution in [-0.2, 0) is 9.47 Å². The summed E-state index contributed by atoms with van der Waals surface area (Å²) in [7, 11) is 1.70. The highest BCUT2D eigenvalue weighted by atomic mass is 16.5. The summed E-state index contributed by atoms with van der Waals surface area (Å²) in [6, 6.07) is 0. The third kappa shape index (κ3) is 4.42. The van der Waals surface area contributed by atoms with Crippen LogP contribution in [0.1, 0.15) is 46.0 Å². The Morgan fingerprint density at radius 1 is 1.21 bits per heavy atom. The molecule has 0 spiro atoms. The van der Waals surface area contributed by atoms with Crippen molar-refractivity contribution in [2.24, 2.45) is 16.6 Å². The van der Waals surface area contributed by atoms with E-state index in [-0.39, 0.29) is 16.9 Å². The first-order valence-electron chi connectivity index (χ1n) is 7.43. The molecule has 0 bridgehead atoms. The normalized spacial score (nSPS) is 30.5. The summed E-state index contributed by atoms with van der Waals surface area (Å²) >= 11 is 0. The molecule has 4 nitrogen and oxygen atoms in total. The molecule has 0 radical (unpaired) electrons. The van der Waals surface area contributed by atoms with Crippen LogP contribution in [0.15, 0.2) is 0 Å². The van der Waals surface area contributed by atoms with Gasteiger partial charge >= 0.3 is 0 Å². The summed E-state index contributed by atoms with van der Waals surface area (Å²) in [5.41, 5.74) is 5.78. The van der Waals surface area contributed by atoms with Gasteiger partial charge in [0, 0.05) is 38.9 Å². The minimum Gasteiger partial charge on any atom is -0.392 e. The van der Waals surface area contributed by atoms with E-state index < -0.39 is 0 Å². The lowest BCUT2D eigenvalue weighted by Crippen LogP contribution is -2.52. The van der Waals surface area contributed by atoms with E-state index in [2.05, 4.69) is 13.8 Å². The minimum atomic E-state index is -0.332. The monoisotopic (exact) mass is 273 g/mol. The third-order valence-corrected chi connectivity index (χ3v) is 4.60. The van der Waals surface area contributed by atoms with Crippen LogP contribution in [0.3, 0.4) is 0 Å². The molecule has 3 N–H and O–H groups in total. The zero-order valence-corrected chi connectivity index (χ0v) is 12.8. The van der Waals surface area contributed by atoms with Gasteiger partial charge in [0.15, 0.2) is 0 Å². The number of ether oxygens (including phenoxy) is 2. The van der Waals surface area contributed by atoms with Crippen molar-refractivity contribution in [1.82, 2.24) is 0 Å². The van der Waals surface area contributed by atoms with E-state index in [1.807, 2.05) is 0 Å². The molecule has 0 aliphatic heterocycles. The fraction of sp³-hybridized carbons (Fsp3) is 1.00. The van der Waals surface area contributed by atoms with Gasteiger partial charge in [0.2, 0.25) is 0 Å². The molecule has 4 heteroatoms. The SMILES string of the molecule is COCCCOCCC1(CN)CCCC(C)(C)C1O. The summed E-state index contributed by atoms with van der Waals surface area (Å²) in [6.07, 6.45) is 4.66. The molecule has 0 aromatic rings. The molecular formula is C15H31NO3. The van der Waals surface area contributed by atoms with E-state index >= 15 is 0 Å². The Kier molecular flexibility index (Phi) is 6.74. The van der Waals surface area contributed by atoms with Crippen LogP contribution in [0.5, 0.6) is 0 Å². The lowest BCUT2D eigenvalue weighted by atomic mass is 9.60. The molecule has 0 heterocycles. The maximum atomic E-state index is 10.6. The first kappa shape index (κ1) is 16.9. The van der Waals surface area contributed by atoms with Gasteiger partial charge < -0.3 is 20.3 Å². The first-order chi connectivity index (χ1) is 8.98. The van der Waals surface area contributed by atoms with Gasteiger partial charge in [-0.1, -0.05) is 20.3 Å². The Morgan fingerprint density at radius 3 is 2.58 bits per heavy atom. The van der Waals surface area contributed by atoms with Gasteiger partial charge in [-0.25, -0.2) is 0 Å². The van der Waals surface area contributed by atoms with Crippen LogP contribution in [0, 0.1) is 10.8 Å². The Balaban J connectivity index is 2.42. The summed E-state index contributed by atoms with van der Waals surface area (Å²) in [6.45, 7) is 6.94. The highest BCUT2D eigenvalue weighted by Crippen LogP contribution is 2.47.